The van der Waals surface area contributed by atoms with Gasteiger partial charge in [0.2, 0.25) is 11.8 Å². The number of benzene rings is 2. The maximum absolute atomic E-state index is 12.1. The number of ether oxygens (including phenoxy) is 1. The summed E-state index contributed by atoms with van der Waals surface area (Å²) >= 11 is 5.99. The van der Waals surface area contributed by atoms with Crippen LogP contribution >= 0.6 is 11.6 Å². The lowest BCUT2D eigenvalue weighted by molar-refractivity contribution is -0.120. The molecule has 1 saturated heterocycles. The Hall–Kier alpha value is -2.99. The molecule has 2 N–H and O–H groups in total. The predicted molar refractivity (Wildman–Crippen MR) is 111 cm³/mol. The number of piperazine rings is 1. The Bertz CT molecular complexity index is 881. The Kier molecular flexibility index (Phi) is 6.55. The molecule has 0 aromatic heterocycles. The topological polar surface area (TPSA) is 70.7 Å². The van der Waals surface area contributed by atoms with Gasteiger partial charge in [-0.2, -0.15) is 0 Å². The summed E-state index contributed by atoms with van der Waals surface area (Å²) in [4.78, 5) is 25.6. The third kappa shape index (κ3) is 5.27. The van der Waals surface area contributed by atoms with Crippen LogP contribution in [0.25, 0.3) is 6.08 Å². The van der Waals surface area contributed by atoms with Crippen LogP contribution in [0.15, 0.2) is 48.5 Å². The highest BCUT2D eigenvalue weighted by atomic mass is 35.5. The zero-order chi connectivity index (χ0) is 19.9. The molecule has 0 bridgehead atoms. The van der Waals surface area contributed by atoms with Crippen molar-refractivity contribution in [1.29, 1.82) is 0 Å². The fourth-order valence-corrected chi connectivity index (χ4v) is 3.11. The van der Waals surface area contributed by atoms with Crippen molar-refractivity contribution in [3.8, 4) is 5.75 Å². The van der Waals surface area contributed by atoms with E-state index in [0.717, 1.165) is 23.4 Å². The molecule has 0 aliphatic carbocycles. The van der Waals surface area contributed by atoms with E-state index in [-0.39, 0.29) is 11.8 Å². The van der Waals surface area contributed by atoms with Crippen molar-refractivity contribution in [2.45, 2.75) is 6.54 Å². The van der Waals surface area contributed by atoms with Gasteiger partial charge in [0.25, 0.3) is 0 Å². The largest absolute Gasteiger partial charge is 0.496 e. The van der Waals surface area contributed by atoms with Gasteiger partial charge < -0.3 is 20.3 Å². The number of methoxy groups -OCH3 is 1. The van der Waals surface area contributed by atoms with E-state index in [1.165, 1.54) is 6.08 Å². The number of anilines is 1. The lowest BCUT2D eigenvalue weighted by Crippen LogP contribution is -2.47. The van der Waals surface area contributed by atoms with E-state index in [1.54, 1.807) is 31.4 Å². The quantitative estimate of drug-likeness (QED) is 0.732. The molecule has 0 unspecified atom stereocenters. The van der Waals surface area contributed by atoms with Gasteiger partial charge in [-0.25, -0.2) is 0 Å². The van der Waals surface area contributed by atoms with Crippen molar-refractivity contribution in [1.82, 2.24) is 10.6 Å². The number of nitrogens with zero attached hydrogens (tertiary/aromatic N) is 1. The van der Waals surface area contributed by atoms with Crippen molar-refractivity contribution < 1.29 is 14.3 Å². The molecule has 146 valence electrons. The second-order valence-electron chi connectivity index (χ2n) is 6.38. The molecule has 1 fully saturated rings. The maximum atomic E-state index is 12.1. The van der Waals surface area contributed by atoms with E-state index in [1.807, 2.05) is 29.2 Å². The molecular formula is C21H22ClN3O3. The van der Waals surface area contributed by atoms with E-state index in [4.69, 9.17) is 16.3 Å². The Morgan fingerprint density at radius 3 is 2.79 bits per heavy atom. The van der Waals surface area contributed by atoms with Gasteiger partial charge in [-0.3, -0.25) is 9.59 Å². The molecule has 28 heavy (non-hydrogen) atoms. The number of hydrogen-bond donors (Lipinski definition) is 2. The molecule has 2 aromatic carbocycles. The van der Waals surface area contributed by atoms with E-state index in [2.05, 4.69) is 10.6 Å². The highest BCUT2D eigenvalue weighted by Gasteiger charge is 2.16. The highest BCUT2D eigenvalue weighted by molar-refractivity contribution is 6.30. The van der Waals surface area contributed by atoms with Crippen molar-refractivity contribution in [3.05, 3.63) is 64.7 Å². The van der Waals surface area contributed by atoms with Crippen LogP contribution in [-0.4, -0.2) is 38.6 Å². The van der Waals surface area contributed by atoms with Gasteiger partial charge >= 0.3 is 0 Å². The molecule has 1 aliphatic heterocycles. The molecule has 2 aromatic rings. The van der Waals surface area contributed by atoms with Gasteiger partial charge in [-0.1, -0.05) is 23.7 Å². The number of halogens is 1. The van der Waals surface area contributed by atoms with Crippen molar-refractivity contribution in [2.75, 3.05) is 31.6 Å². The molecule has 7 heteroatoms. The first-order valence-corrected chi connectivity index (χ1v) is 9.33. The second kappa shape index (κ2) is 9.28. The van der Waals surface area contributed by atoms with Crippen LogP contribution in [0.2, 0.25) is 5.02 Å². The standard InChI is InChI=1S/C21H22ClN3O3/c1-28-19-8-5-17(22)12-16(19)4-9-20(26)24-13-15-2-6-18(7-3-15)25-11-10-23-21(27)14-25/h2-9,12H,10-11,13-14H2,1H3,(H,23,27)(H,24,26). The number of rotatable bonds is 6. The average molecular weight is 400 g/mol. The summed E-state index contributed by atoms with van der Waals surface area (Å²) in [7, 11) is 1.57. The molecule has 1 aliphatic rings. The maximum Gasteiger partial charge on any atom is 0.244 e. The van der Waals surface area contributed by atoms with Crippen molar-refractivity contribution >= 4 is 35.2 Å². The minimum Gasteiger partial charge on any atom is -0.496 e. The molecular weight excluding hydrogens is 378 g/mol. The fraction of sp³-hybridized carbons (Fsp3) is 0.238. The molecule has 3 rings (SSSR count). The Balaban J connectivity index is 1.54. The smallest absolute Gasteiger partial charge is 0.244 e. The summed E-state index contributed by atoms with van der Waals surface area (Å²) in [6, 6.07) is 13.1. The van der Waals surface area contributed by atoms with Crippen LogP contribution < -0.4 is 20.3 Å². The summed E-state index contributed by atoms with van der Waals surface area (Å²) in [5.74, 6) is 0.472. The van der Waals surface area contributed by atoms with Gasteiger partial charge in [-0.15, -0.1) is 0 Å². The first kappa shape index (κ1) is 19.8. The molecule has 0 atom stereocenters. The lowest BCUT2D eigenvalue weighted by Gasteiger charge is -2.28. The number of carbonyl (C=O) groups is 2. The van der Waals surface area contributed by atoms with Crippen LogP contribution in [0.1, 0.15) is 11.1 Å². The van der Waals surface area contributed by atoms with Crippen LogP contribution in [0.4, 0.5) is 5.69 Å². The molecule has 0 saturated carbocycles. The third-order valence-corrected chi connectivity index (χ3v) is 4.65. The fourth-order valence-electron chi connectivity index (χ4n) is 2.93. The highest BCUT2D eigenvalue weighted by Crippen LogP contribution is 2.23. The summed E-state index contributed by atoms with van der Waals surface area (Å²) in [6.45, 7) is 2.23. The molecule has 1 heterocycles. The van der Waals surface area contributed by atoms with Crippen LogP contribution in [0.5, 0.6) is 5.75 Å². The monoisotopic (exact) mass is 399 g/mol. The molecule has 6 nitrogen and oxygen atoms in total. The summed E-state index contributed by atoms with van der Waals surface area (Å²) in [6.07, 6.45) is 3.12. The third-order valence-electron chi connectivity index (χ3n) is 4.41. The molecule has 0 radical (unpaired) electrons. The lowest BCUT2D eigenvalue weighted by atomic mass is 10.1. The van der Waals surface area contributed by atoms with Gasteiger partial charge in [-0.05, 0) is 42.0 Å². The summed E-state index contributed by atoms with van der Waals surface area (Å²) in [5, 5.41) is 6.24. The normalized spacial score (nSPS) is 14.1. The predicted octanol–water partition coefficient (Wildman–Crippen LogP) is 2.61. The van der Waals surface area contributed by atoms with Gasteiger partial charge in [0.15, 0.2) is 0 Å². The summed E-state index contributed by atoms with van der Waals surface area (Å²) in [5.41, 5.74) is 2.71. The molecule has 0 spiro atoms. The second-order valence-corrected chi connectivity index (χ2v) is 6.81. The Morgan fingerprint density at radius 2 is 2.07 bits per heavy atom. The summed E-state index contributed by atoms with van der Waals surface area (Å²) < 4.78 is 5.26. The average Bonchev–Trinajstić information content (AvgIpc) is 2.71. The Morgan fingerprint density at radius 1 is 1.29 bits per heavy atom. The van der Waals surface area contributed by atoms with E-state index in [9.17, 15) is 9.59 Å². The number of carbonyl (C=O) groups excluding carboxylic acids is 2. The zero-order valence-corrected chi connectivity index (χ0v) is 16.3. The van der Waals surface area contributed by atoms with Gasteiger partial charge in [0.1, 0.15) is 5.75 Å². The van der Waals surface area contributed by atoms with E-state index in [0.29, 0.717) is 30.4 Å². The van der Waals surface area contributed by atoms with E-state index < -0.39 is 0 Å². The molecule has 2 amide bonds. The van der Waals surface area contributed by atoms with Gasteiger partial charge in [0, 0.05) is 42.0 Å². The first-order valence-electron chi connectivity index (χ1n) is 8.95. The Labute approximate surface area is 169 Å². The van der Waals surface area contributed by atoms with Crippen LogP contribution in [-0.2, 0) is 16.1 Å². The number of nitrogens with one attached hydrogen (secondary N) is 2. The van der Waals surface area contributed by atoms with Crippen LogP contribution in [0.3, 0.4) is 0 Å². The first-order chi connectivity index (χ1) is 13.5. The number of hydrogen-bond acceptors (Lipinski definition) is 4. The van der Waals surface area contributed by atoms with Gasteiger partial charge in [0.05, 0.1) is 13.7 Å². The zero-order valence-electron chi connectivity index (χ0n) is 15.6. The van der Waals surface area contributed by atoms with E-state index >= 15 is 0 Å². The minimum absolute atomic E-state index is 0.0331. The number of amides is 2. The minimum atomic E-state index is -0.209. The van der Waals surface area contributed by atoms with Crippen molar-refractivity contribution in [2.24, 2.45) is 0 Å². The van der Waals surface area contributed by atoms with Crippen LogP contribution in [0, 0.1) is 0 Å². The van der Waals surface area contributed by atoms with Crippen molar-refractivity contribution in [3.63, 3.8) is 0 Å². The SMILES string of the molecule is COc1ccc(Cl)cc1C=CC(=O)NCc1ccc(N2CCNC(=O)C2)cc1.